The topological polar surface area (TPSA) is 28.6 Å². The summed E-state index contributed by atoms with van der Waals surface area (Å²) in [5.41, 5.74) is 2.59. The average molecular weight is 434 g/mol. The zero-order valence-electron chi connectivity index (χ0n) is 17.7. The van der Waals surface area contributed by atoms with E-state index in [-0.39, 0.29) is 0 Å². The Morgan fingerprint density at radius 3 is 2.48 bits per heavy atom. The van der Waals surface area contributed by atoms with Gasteiger partial charge < -0.3 is 9.64 Å². The molecule has 1 atom stereocenters. The number of halogens is 1. The first-order valence-electron chi connectivity index (χ1n) is 11.1. The first-order valence-corrected chi connectivity index (χ1v) is 11.5. The lowest BCUT2D eigenvalue weighted by molar-refractivity contribution is 0.0834. The van der Waals surface area contributed by atoms with Gasteiger partial charge in [0, 0.05) is 48.5 Å². The average Bonchev–Trinajstić information content (AvgIpc) is 3.01. The van der Waals surface area contributed by atoms with E-state index in [2.05, 4.69) is 63.3 Å². The number of rotatable bonds is 4. The highest BCUT2D eigenvalue weighted by molar-refractivity contribution is 6.30. The summed E-state index contributed by atoms with van der Waals surface area (Å²) in [7, 11) is 0. The van der Waals surface area contributed by atoms with Crippen LogP contribution in [0.1, 0.15) is 24.0 Å². The molecule has 0 N–H and O–H groups in total. The fourth-order valence-corrected chi connectivity index (χ4v) is 4.97. The zero-order valence-corrected chi connectivity index (χ0v) is 18.4. The summed E-state index contributed by atoms with van der Waals surface area (Å²) in [5.74, 6) is 2.11. The summed E-state index contributed by atoms with van der Waals surface area (Å²) < 4.78 is 6.28. The number of hydrogen-bond donors (Lipinski definition) is 0. The summed E-state index contributed by atoms with van der Waals surface area (Å²) >= 11 is 6.11. The van der Waals surface area contributed by atoms with Crippen molar-refractivity contribution in [2.24, 2.45) is 0 Å². The van der Waals surface area contributed by atoms with Gasteiger partial charge in [-0.2, -0.15) is 0 Å². The molecule has 1 aromatic heterocycles. The van der Waals surface area contributed by atoms with E-state index < -0.39 is 0 Å². The predicted octanol–water partition coefficient (Wildman–Crippen LogP) is 5.21. The van der Waals surface area contributed by atoms with E-state index >= 15 is 0 Å². The molecule has 1 saturated heterocycles. The molecular formula is C26H28ClN3O. The number of piperidine rings is 1. The maximum Gasteiger partial charge on any atom is 0.128 e. The molecule has 3 heterocycles. The number of anilines is 1. The predicted molar refractivity (Wildman–Crippen MR) is 126 cm³/mol. The Hall–Kier alpha value is -2.56. The van der Waals surface area contributed by atoms with Crippen molar-refractivity contribution in [3.05, 3.63) is 89.1 Å². The molecule has 160 valence electrons. The molecule has 31 heavy (non-hydrogen) atoms. The van der Waals surface area contributed by atoms with Crippen LogP contribution in [0.3, 0.4) is 0 Å². The Balaban J connectivity index is 1.35. The van der Waals surface area contributed by atoms with Gasteiger partial charge in [-0.05, 0) is 55.2 Å². The lowest BCUT2D eigenvalue weighted by Gasteiger charge is -2.41. The lowest BCUT2D eigenvalue weighted by atomic mass is 9.97. The van der Waals surface area contributed by atoms with Crippen LogP contribution < -0.4 is 9.64 Å². The fraction of sp³-hybridized carbons (Fsp3) is 0.346. The van der Waals surface area contributed by atoms with Gasteiger partial charge in [0.15, 0.2) is 0 Å². The zero-order chi connectivity index (χ0) is 21.0. The van der Waals surface area contributed by atoms with E-state index in [9.17, 15) is 0 Å². The molecule has 0 radical (unpaired) electrons. The molecule has 0 saturated carbocycles. The van der Waals surface area contributed by atoms with Crippen LogP contribution >= 0.6 is 11.6 Å². The minimum Gasteiger partial charge on any atom is -0.492 e. The maximum atomic E-state index is 6.28. The number of pyridine rings is 1. The van der Waals surface area contributed by atoms with Crippen molar-refractivity contribution in [1.29, 1.82) is 0 Å². The molecule has 2 aliphatic rings. The molecule has 0 spiro atoms. The molecule has 2 aromatic carbocycles. The standard InChI is InChI=1S/C26H28ClN3O/c27-22-10-8-20(9-11-22)17-24-19-31-25-6-2-1-5-21(25)18-30(24)23-12-15-29(16-13-23)26-7-3-4-14-28-26/h1-11,14,23-24H,12-13,15-19H2. The van der Waals surface area contributed by atoms with Gasteiger partial charge in [0.25, 0.3) is 0 Å². The van der Waals surface area contributed by atoms with Crippen LogP contribution in [0.4, 0.5) is 5.82 Å². The number of hydrogen-bond acceptors (Lipinski definition) is 4. The number of aromatic nitrogens is 1. The van der Waals surface area contributed by atoms with Crippen LogP contribution in [-0.4, -0.2) is 41.7 Å². The van der Waals surface area contributed by atoms with Gasteiger partial charge in [-0.1, -0.05) is 48.0 Å². The van der Waals surface area contributed by atoms with Gasteiger partial charge in [0.1, 0.15) is 18.2 Å². The Labute approximate surface area is 189 Å². The number of benzene rings is 2. The quantitative estimate of drug-likeness (QED) is 0.564. The van der Waals surface area contributed by atoms with Crippen LogP contribution in [0, 0.1) is 0 Å². The Morgan fingerprint density at radius 1 is 0.935 bits per heavy atom. The summed E-state index contributed by atoms with van der Waals surface area (Å²) in [6.45, 7) is 3.71. The van der Waals surface area contributed by atoms with Crippen molar-refractivity contribution in [2.45, 2.75) is 37.9 Å². The minimum absolute atomic E-state index is 0.333. The molecule has 5 rings (SSSR count). The Bertz CT molecular complexity index is 987. The van der Waals surface area contributed by atoms with E-state index in [4.69, 9.17) is 16.3 Å². The van der Waals surface area contributed by atoms with Crippen molar-refractivity contribution in [1.82, 2.24) is 9.88 Å². The van der Waals surface area contributed by atoms with Crippen molar-refractivity contribution in [2.75, 3.05) is 24.6 Å². The highest BCUT2D eigenvalue weighted by atomic mass is 35.5. The second-order valence-corrected chi connectivity index (χ2v) is 8.92. The normalized spacial score (nSPS) is 20.0. The van der Waals surface area contributed by atoms with E-state index in [1.807, 2.05) is 24.4 Å². The van der Waals surface area contributed by atoms with Gasteiger partial charge in [0.2, 0.25) is 0 Å². The summed E-state index contributed by atoms with van der Waals surface area (Å²) in [4.78, 5) is 9.64. The van der Waals surface area contributed by atoms with Gasteiger partial charge in [-0.25, -0.2) is 4.98 Å². The van der Waals surface area contributed by atoms with Crippen molar-refractivity contribution in [3.63, 3.8) is 0 Å². The molecule has 1 fully saturated rings. The fourth-order valence-electron chi connectivity index (χ4n) is 4.85. The molecule has 5 heteroatoms. The van der Waals surface area contributed by atoms with E-state index in [0.29, 0.717) is 18.7 Å². The molecule has 0 amide bonds. The SMILES string of the molecule is Clc1ccc(CC2COc3ccccc3CN2C2CCN(c3ccccn3)CC2)cc1. The van der Waals surface area contributed by atoms with Gasteiger partial charge in [-0.15, -0.1) is 0 Å². The molecule has 0 bridgehead atoms. The monoisotopic (exact) mass is 433 g/mol. The summed E-state index contributed by atoms with van der Waals surface area (Å²) in [6.07, 6.45) is 5.12. The molecule has 4 nitrogen and oxygen atoms in total. The smallest absolute Gasteiger partial charge is 0.128 e. The Morgan fingerprint density at radius 2 is 1.71 bits per heavy atom. The highest BCUT2D eigenvalue weighted by Crippen LogP contribution is 2.31. The lowest BCUT2D eigenvalue weighted by Crippen LogP contribution is -2.50. The number of ether oxygens (including phenoxy) is 1. The minimum atomic E-state index is 0.333. The first kappa shape index (κ1) is 20.3. The van der Waals surface area contributed by atoms with Crippen LogP contribution in [0.25, 0.3) is 0 Å². The third-order valence-electron chi connectivity index (χ3n) is 6.52. The third-order valence-corrected chi connectivity index (χ3v) is 6.77. The molecule has 2 aliphatic heterocycles. The number of fused-ring (bicyclic) bond motifs is 1. The van der Waals surface area contributed by atoms with Crippen LogP contribution in [0.2, 0.25) is 5.02 Å². The van der Waals surface area contributed by atoms with Crippen LogP contribution in [0.5, 0.6) is 5.75 Å². The number of para-hydroxylation sites is 1. The van der Waals surface area contributed by atoms with Gasteiger partial charge in [0.05, 0.1) is 0 Å². The summed E-state index contributed by atoms with van der Waals surface area (Å²) in [6, 6.07) is 23.8. The second kappa shape index (κ2) is 9.29. The van der Waals surface area contributed by atoms with Crippen molar-refractivity contribution in [3.8, 4) is 5.75 Å². The van der Waals surface area contributed by atoms with Crippen molar-refractivity contribution >= 4 is 17.4 Å². The van der Waals surface area contributed by atoms with E-state index in [0.717, 1.165) is 55.5 Å². The van der Waals surface area contributed by atoms with E-state index in [1.54, 1.807) is 0 Å². The van der Waals surface area contributed by atoms with Gasteiger partial charge >= 0.3 is 0 Å². The molecule has 3 aromatic rings. The van der Waals surface area contributed by atoms with Crippen LogP contribution in [0.15, 0.2) is 72.9 Å². The van der Waals surface area contributed by atoms with Crippen LogP contribution in [-0.2, 0) is 13.0 Å². The number of nitrogens with zero attached hydrogens (tertiary/aromatic N) is 3. The summed E-state index contributed by atoms with van der Waals surface area (Å²) in [5, 5.41) is 0.784. The second-order valence-electron chi connectivity index (χ2n) is 8.48. The van der Waals surface area contributed by atoms with E-state index in [1.165, 1.54) is 11.1 Å². The third kappa shape index (κ3) is 4.70. The first-order chi connectivity index (χ1) is 15.3. The Kier molecular flexibility index (Phi) is 6.10. The maximum absolute atomic E-state index is 6.28. The largest absolute Gasteiger partial charge is 0.492 e. The van der Waals surface area contributed by atoms with Crippen molar-refractivity contribution < 1.29 is 4.74 Å². The molecule has 0 aliphatic carbocycles. The highest BCUT2D eigenvalue weighted by Gasteiger charge is 2.33. The van der Waals surface area contributed by atoms with Gasteiger partial charge in [-0.3, -0.25) is 4.90 Å². The molecular weight excluding hydrogens is 406 g/mol. The molecule has 1 unspecified atom stereocenters.